The Labute approximate surface area is 158 Å². The highest BCUT2D eigenvalue weighted by molar-refractivity contribution is 5.91. The summed E-state index contributed by atoms with van der Waals surface area (Å²) in [6, 6.07) is 24.3. The fourth-order valence-electron chi connectivity index (χ4n) is 3.38. The maximum atomic E-state index is 11.0. The van der Waals surface area contributed by atoms with E-state index in [-0.39, 0.29) is 6.42 Å². The second-order valence-corrected chi connectivity index (χ2v) is 6.48. The number of aliphatic carboxylic acids is 1. The predicted octanol–water partition coefficient (Wildman–Crippen LogP) is 5.49. The molecule has 0 spiro atoms. The van der Waals surface area contributed by atoms with Crippen LogP contribution < -0.4 is 15.5 Å². The van der Waals surface area contributed by atoms with Crippen molar-refractivity contribution in [3.63, 3.8) is 0 Å². The quantitative estimate of drug-likeness (QED) is 0.575. The largest absolute Gasteiger partial charge is 0.481 e. The Morgan fingerprint density at radius 1 is 0.741 bits per heavy atom. The highest BCUT2D eigenvalue weighted by Crippen LogP contribution is 2.42. The third-order valence-electron chi connectivity index (χ3n) is 4.63. The molecule has 136 valence electrons. The Morgan fingerprint density at radius 3 is 1.67 bits per heavy atom. The zero-order valence-electron chi connectivity index (χ0n) is 14.9. The third kappa shape index (κ3) is 3.58. The summed E-state index contributed by atoms with van der Waals surface area (Å²) in [6.45, 7) is 0.611. The van der Waals surface area contributed by atoms with Gasteiger partial charge in [-0.05, 0) is 42.8 Å². The number of benzene rings is 3. The van der Waals surface area contributed by atoms with E-state index in [1.807, 2.05) is 60.7 Å². The van der Waals surface area contributed by atoms with Crippen molar-refractivity contribution >= 4 is 40.1 Å². The van der Waals surface area contributed by atoms with Gasteiger partial charge < -0.3 is 20.6 Å². The van der Waals surface area contributed by atoms with Crippen LogP contribution in [0.1, 0.15) is 12.8 Å². The van der Waals surface area contributed by atoms with Crippen molar-refractivity contribution in [2.45, 2.75) is 12.8 Å². The summed E-state index contributed by atoms with van der Waals surface area (Å²) in [7, 11) is 0. The topological polar surface area (TPSA) is 64.6 Å². The standard InChI is InChI=1S/C22H21N3O2/c26-22(27)14-7-15-25-20-12-5-3-10-18(20)23-16-8-1-2-9-17(16)24-19-11-4-6-13-21(19)25/h1-6,8-13,23-24H,7,14-15H2,(H,26,27). The highest BCUT2D eigenvalue weighted by Gasteiger charge is 2.19. The van der Waals surface area contributed by atoms with Crippen LogP contribution in [0, 0.1) is 0 Å². The molecular formula is C22H21N3O2. The van der Waals surface area contributed by atoms with Gasteiger partial charge >= 0.3 is 5.97 Å². The molecule has 1 aliphatic rings. The zero-order chi connectivity index (χ0) is 18.6. The van der Waals surface area contributed by atoms with Crippen LogP contribution in [0.2, 0.25) is 0 Å². The van der Waals surface area contributed by atoms with E-state index in [9.17, 15) is 4.79 Å². The Kier molecular flexibility index (Phi) is 4.66. The van der Waals surface area contributed by atoms with Crippen molar-refractivity contribution in [1.82, 2.24) is 0 Å². The van der Waals surface area contributed by atoms with Gasteiger partial charge in [-0.1, -0.05) is 36.4 Å². The number of anilines is 6. The van der Waals surface area contributed by atoms with E-state index in [4.69, 9.17) is 5.11 Å². The minimum Gasteiger partial charge on any atom is -0.481 e. The summed E-state index contributed by atoms with van der Waals surface area (Å²) in [6.07, 6.45) is 0.701. The number of carboxylic acid groups (broad SMARTS) is 1. The van der Waals surface area contributed by atoms with Crippen molar-refractivity contribution in [3.05, 3.63) is 72.8 Å². The summed E-state index contributed by atoms with van der Waals surface area (Å²) < 4.78 is 0. The van der Waals surface area contributed by atoms with Gasteiger partial charge in [0.15, 0.2) is 0 Å². The molecule has 0 atom stereocenters. The molecule has 0 radical (unpaired) electrons. The summed E-state index contributed by atoms with van der Waals surface area (Å²) in [5, 5.41) is 16.1. The lowest BCUT2D eigenvalue weighted by Gasteiger charge is -2.28. The minimum atomic E-state index is -0.774. The first kappa shape index (κ1) is 17.0. The fraction of sp³-hybridized carbons (Fsp3) is 0.136. The van der Waals surface area contributed by atoms with Gasteiger partial charge in [0.2, 0.25) is 0 Å². The lowest BCUT2D eigenvalue weighted by atomic mass is 10.1. The molecule has 27 heavy (non-hydrogen) atoms. The Morgan fingerprint density at radius 2 is 1.19 bits per heavy atom. The SMILES string of the molecule is O=C(O)CCCN1c2ccccc2Nc2ccccc2Nc2ccccc21. The molecule has 0 aliphatic carbocycles. The van der Waals surface area contributed by atoms with Crippen molar-refractivity contribution < 1.29 is 9.90 Å². The first-order chi connectivity index (χ1) is 13.2. The van der Waals surface area contributed by atoms with Gasteiger partial charge in [-0.15, -0.1) is 0 Å². The van der Waals surface area contributed by atoms with Gasteiger partial charge in [0.1, 0.15) is 0 Å². The maximum absolute atomic E-state index is 11.0. The molecule has 0 saturated carbocycles. The zero-order valence-corrected chi connectivity index (χ0v) is 14.9. The molecule has 5 heteroatoms. The molecule has 3 N–H and O–H groups in total. The molecule has 4 rings (SSSR count). The maximum Gasteiger partial charge on any atom is 0.303 e. The van der Waals surface area contributed by atoms with Crippen LogP contribution in [0.3, 0.4) is 0 Å². The second kappa shape index (κ2) is 7.41. The molecule has 0 aromatic heterocycles. The number of nitrogens with zero attached hydrogens (tertiary/aromatic N) is 1. The molecule has 3 aromatic carbocycles. The lowest BCUT2D eigenvalue weighted by molar-refractivity contribution is -0.137. The van der Waals surface area contributed by atoms with Crippen molar-refractivity contribution in [2.75, 3.05) is 22.1 Å². The number of fused-ring (bicyclic) bond motifs is 3. The molecular weight excluding hydrogens is 338 g/mol. The molecule has 0 fully saturated rings. The highest BCUT2D eigenvalue weighted by atomic mass is 16.4. The summed E-state index contributed by atoms with van der Waals surface area (Å²) in [4.78, 5) is 13.2. The molecule has 0 saturated heterocycles. The molecule has 0 amide bonds. The van der Waals surface area contributed by atoms with E-state index in [0.717, 1.165) is 34.1 Å². The normalized spacial score (nSPS) is 12.2. The number of nitrogens with one attached hydrogen (secondary N) is 2. The number of hydrogen-bond acceptors (Lipinski definition) is 4. The van der Waals surface area contributed by atoms with E-state index in [0.29, 0.717) is 13.0 Å². The molecule has 0 unspecified atom stereocenters. The van der Waals surface area contributed by atoms with E-state index in [1.54, 1.807) is 0 Å². The van der Waals surface area contributed by atoms with Gasteiger partial charge in [0.25, 0.3) is 0 Å². The predicted molar refractivity (Wildman–Crippen MR) is 110 cm³/mol. The van der Waals surface area contributed by atoms with Crippen LogP contribution in [0.4, 0.5) is 34.1 Å². The molecule has 0 bridgehead atoms. The number of para-hydroxylation sites is 6. The number of carboxylic acids is 1. The average Bonchev–Trinajstić information content (AvgIpc) is 2.73. The molecule has 1 heterocycles. The number of rotatable bonds is 4. The van der Waals surface area contributed by atoms with Crippen LogP contribution in [-0.4, -0.2) is 17.6 Å². The van der Waals surface area contributed by atoms with E-state index in [2.05, 4.69) is 27.7 Å². The van der Waals surface area contributed by atoms with Gasteiger partial charge in [0, 0.05) is 13.0 Å². The lowest BCUT2D eigenvalue weighted by Crippen LogP contribution is -2.20. The van der Waals surface area contributed by atoms with Gasteiger partial charge in [-0.2, -0.15) is 0 Å². The Bertz CT molecular complexity index is 903. The van der Waals surface area contributed by atoms with Crippen LogP contribution in [0.25, 0.3) is 0 Å². The summed E-state index contributed by atoms with van der Waals surface area (Å²) in [5.41, 5.74) is 6.00. The van der Waals surface area contributed by atoms with Gasteiger partial charge in [-0.25, -0.2) is 0 Å². The van der Waals surface area contributed by atoms with E-state index < -0.39 is 5.97 Å². The van der Waals surface area contributed by atoms with Crippen LogP contribution in [0.5, 0.6) is 0 Å². The second-order valence-electron chi connectivity index (χ2n) is 6.48. The minimum absolute atomic E-state index is 0.141. The third-order valence-corrected chi connectivity index (χ3v) is 4.63. The van der Waals surface area contributed by atoms with E-state index >= 15 is 0 Å². The summed E-state index contributed by atoms with van der Waals surface area (Å²) >= 11 is 0. The van der Waals surface area contributed by atoms with Crippen LogP contribution >= 0.6 is 0 Å². The summed E-state index contributed by atoms with van der Waals surface area (Å²) in [5.74, 6) is -0.774. The number of hydrogen-bond donors (Lipinski definition) is 3. The Balaban J connectivity index is 1.85. The van der Waals surface area contributed by atoms with Gasteiger partial charge in [-0.3, -0.25) is 4.79 Å². The van der Waals surface area contributed by atoms with Crippen molar-refractivity contribution in [2.24, 2.45) is 0 Å². The van der Waals surface area contributed by atoms with Crippen LogP contribution in [-0.2, 0) is 4.79 Å². The molecule has 1 aliphatic heterocycles. The van der Waals surface area contributed by atoms with E-state index in [1.165, 1.54) is 0 Å². The molecule has 3 aromatic rings. The van der Waals surface area contributed by atoms with Crippen molar-refractivity contribution in [1.29, 1.82) is 0 Å². The van der Waals surface area contributed by atoms with Gasteiger partial charge in [0.05, 0.1) is 34.1 Å². The Hall–Kier alpha value is -3.47. The monoisotopic (exact) mass is 359 g/mol. The van der Waals surface area contributed by atoms with Crippen molar-refractivity contribution in [3.8, 4) is 0 Å². The van der Waals surface area contributed by atoms with Crippen LogP contribution in [0.15, 0.2) is 72.8 Å². The fourth-order valence-corrected chi connectivity index (χ4v) is 3.38. The number of carbonyl (C=O) groups is 1. The molecule has 5 nitrogen and oxygen atoms in total. The first-order valence-corrected chi connectivity index (χ1v) is 9.03. The average molecular weight is 359 g/mol. The first-order valence-electron chi connectivity index (χ1n) is 9.03. The smallest absolute Gasteiger partial charge is 0.303 e.